The predicted molar refractivity (Wildman–Crippen MR) is 133 cm³/mol. The van der Waals surface area contributed by atoms with E-state index in [0.717, 1.165) is 27.0 Å². The molecule has 2 aromatic carbocycles. The van der Waals surface area contributed by atoms with Crippen LogP contribution in [0.3, 0.4) is 0 Å². The SMILES string of the molecule is CCc1c(C(=O)O)c(=O)n(C2CCc3c(OC)cccc32)c(=O)n1-c1ccc2c(c1)sc(=O)n2C. The van der Waals surface area contributed by atoms with Crippen LogP contribution in [0.4, 0.5) is 0 Å². The normalized spacial score (nSPS) is 14.9. The van der Waals surface area contributed by atoms with Gasteiger partial charge in [0.15, 0.2) is 0 Å². The number of rotatable bonds is 5. The van der Waals surface area contributed by atoms with Crippen molar-refractivity contribution in [3.05, 3.63) is 89.3 Å². The van der Waals surface area contributed by atoms with Crippen LogP contribution in [-0.2, 0) is 19.9 Å². The third-order valence-electron chi connectivity index (χ3n) is 6.70. The molecule has 1 atom stereocenters. The predicted octanol–water partition coefficient (Wildman–Crippen LogP) is 2.72. The quantitative estimate of drug-likeness (QED) is 0.458. The summed E-state index contributed by atoms with van der Waals surface area (Å²) >= 11 is 1.04. The first-order valence-corrected chi connectivity index (χ1v) is 12.0. The van der Waals surface area contributed by atoms with Gasteiger partial charge in [0.25, 0.3) is 5.56 Å². The molecule has 2 aromatic heterocycles. The first-order chi connectivity index (χ1) is 16.8. The smallest absolute Gasteiger partial charge is 0.343 e. The number of thiazole rings is 1. The maximum atomic E-state index is 13.9. The molecule has 0 aliphatic heterocycles. The van der Waals surface area contributed by atoms with Gasteiger partial charge in [0.2, 0.25) is 0 Å². The number of carbonyl (C=O) groups is 1. The minimum Gasteiger partial charge on any atom is -0.496 e. The van der Waals surface area contributed by atoms with Crippen LogP contribution in [0, 0.1) is 0 Å². The van der Waals surface area contributed by atoms with Crippen molar-refractivity contribution >= 4 is 27.5 Å². The summed E-state index contributed by atoms with van der Waals surface area (Å²) in [4.78, 5) is 51.7. The van der Waals surface area contributed by atoms with E-state index in [9.17, 15) is 24.3 Å². The number of ether oxygens (including phenoxy) is 1. The van der Waals surface area contributed by atoms with Crippen LogP contribution in [0.25, 0.3) is 15.9 Å². The summed E-state index contributed by atoms with van der Waals surface area (Å²) in [7, 11) is 3.23. The zero-order valence-electron chi connectivity index (χ0n) is 19.4. The molecule has 0 amide bonds. The van der Waals surface area contributed by atoms with Gasteiger partial charge in [-0.25, -0.2) is 9.59 Å². The molecule has 180 valence electrons. The second-order valence-electron chi connectivity index (χ2n) is 8.44. The van der Waals surface area contributed by atoms with Crippen molar-refractivity contribution in [2.75, 3.05) is 7.11 Å². The van der Waals surface area contributed by atoms with E-state index in [0.29, 0.717) is 34.5 Å². The molecule has 2 heterocycles. The van der Waals surface area contributed by atoms with Crippen LogP contribution < -0.4 is 20.9 Å². The third kappa shape index (κ3) is 3.35. The molecular weight excluding hydrogens is 470 g/mol. The molecule has 9 nitrogen and oxygen atoms in total. The Bertz CT molecular complexity index is 1690. The van der Waals surface area contributed by atoms with Gasteiger partial charge in [-0.2, -0.15) is 0 Å². The summed E-state index contributed by atoms with van der Waals surface area (Å²) in [5.74, 6) is -0.713. The standard InChI is InChI=1S/C25H23N3O6S/c1-4-16-21(23(30)31)22(29)28(17-11-9-15-14(17)6-5-7-19(15)34-3)24(32)27(16)13-8-10-18-20(12-13)35-25(33)26(18)2/h5-8,10,12,17H,4,9,11H2,1-3H3,(H,30,31). The first kappa shape index (κ1) is 22.9. The van der Waals surface area contributed by atoms with Gasteiger partial charge in [0, 0.05) is 12.7 Å². The fourth-order valence-electron chi connectivity index (χ4n) is 5.08. The minimum atomic E-state index is -1.39. The number of aryl methyl sites for hydroxylation is 1. The molecule has 1 aliphatic carbocycles. The summed E-state index contributed by atoms with van der Waals surface area (Å²) < 4.78 is 9.99. The van der Waals surface area contributed by atoms with E-state index in [1.54, 1.807) is 45.3 Å². The topological polar surface area (TPSA) is 113 Å². The fourth-order valence-corrected chi connectivity index (χ4v) is 5.99. The maximum absolute atomic E-state index is 13.9. The highest BCUT2D eigenvalue weighted by molar-refractivity contribution is 7.16. The number of aromatic nitrogens is 3. The summed E-state index contributed by atoms with van der Waals surface area (Å²) in [5, 5.41) is 10.0. The molecule has 0 radical (unpaired) electrons. The zero-order chi connectivity index (χ0) is 25.0. The summed E-state index contributed by atoms with van der Waals surface area (Å²) in [5.41, 5.74) is 1.05. The van der Waals surface area contributed by atoms with Gasteiger partial charge in [-0.15, -0.1) is 0 Å². The number of methoxy groups -OCH3 is 1. The van der Waals surface area contributed by atoms with Crippen LogP contribution in [-0.4, -0.2) is 31.9 Å². The largest absolute Gasteiger partial charge is 0.496 e. The lowest BCUT2D eigenvalue weighted by molar-refractivity contribution is 0.0691. The van der Waals surface area contributed by atoms with Crippen molar-refractivity contribution in [3.63, 3.8) is 0 Å². The Labute approximate surface area is 203 Å². The highest BCUT2D eigenvalue weighted by Gasteiger charge is 2.32. The van der Waals surface area contributed by atoms with Gasteiger partial charge < -0.3 is 14.4 Å². The average molecular weight is 494 g/mol. The van der Waals surface area contributed by atoms with E-state index in [1.165, 1.54) is 9.13 Å². The third-order valence-corrected chi connectivity index (χ3v) is 7.69. The van der Waals surface area contributed by atoms with Gasteiger partial charge >= 0.3 is 16.5 Å². The lowest BCUT2D eigenvalue weighted by Gasteiger charge is -2.21. The van der Waals surface area contributed by atoms with E-state index in [2.05, 4.69) is 0 Å². The molecule has 0 bridgehead atoms. The number of nitrogens with zero attached hydrogens (tertiary/aromatic N) is 3. The average Bonchev–Trinajstić information content (AvgIpc) is 3.38. The highest BCUT2D eigenvalue weighted by Crippen LogP contribution is 2.38. The minimum absolute atomic E-state index is 0.121. The van der Waals surface area contributed by atoms with E-state index >= 15 is 0 Å². The molecule has 35 heavy (non-hydrogen) atoms. The second kappa shape index (κ2) is 8.38. The number of hydrogen-bond donors (Lipinski definition) is 1. The molecule has 4 aromatic rings. The summed E-state index contributed by atoms with van der Waals surface area (Å²) in [6.45, 7) is 1.71. The van der Waals surface area contributed by atoms with Gasteiger partial charge in [-0.05, 0) is 54.7 Å². The Hall–Kier alpha value is -3.92. The van der Waals surface area contributed by atoms with Gasteiger partial charge in [0.05, 0.1) is 29.1 Å². The van der Waals surface area contributed by atoms with Crippen molar-refractivity contribution in [2.24, 2.45) is 7.05 Å². The Balaban J connectivity index is 1.84. The molecule has 0 saturated heterocycles. The van der Waals surface area contributed by atoms with Crippen LogP contribution in [0.2, 0.25) is 0 Å². The Morgan fingerprint density at radius 2 is 1.97 bits per heavy atom. The van der Waals surface area contributed by atoms with Crippen molar-refractivity contribution in [1.82, 2.24) is 13.7 Å². The van der Waals surface area contributed by atoms with Gasteiger partial charge in [-0.1, -0.05) is 30.4 Å². The van der Waals surface area contributed by atoms with Crippen LogP contribution in [0.5, 0.6) is 5.75 Å². The van der Waals surface area contributed by atoms with E-state index in [1.807, 2.05) is 12.1 Å². The second-order valence-corrected chi connectivity index (χ2v) is 9.43. The van der Waals surface area contributed by atoms with Gasteiger partial charge in [-0.3, -0.25) is 18.7 Å². The van der Waals surface area contributed by atoms with Crippen molar-refractivity contribution in [1.29, 1.82) is 0 Å². The summed E-state index contributed by atoms with van der Waals surface area (Å²) in [6.07, 6.45) is 1.22. The Kier molecular flexibility index (Phi) is 5.47. The molecule has 0 saturated carbocycles. The zero-order valence-corrected chi connectivity index (χ0v) is 20.2. The molecule has 0 fully saturated rings. The molecule has 0 spiro atoms. The molecule has 1 unspecified atom stereocenters. The number of carboxylic acids is 1. The van der Waals surface area contributed by atoms with E-state index in [4.69, 9.17) is 4.74 Å². The Morgan fingerprint density at radius 3 is 2.66 bits per heavy atom. The van der Waals surface area contributed by atoms with E-state index in [-0.39, 0.29) is 17.0 Å². The molecule has 10 heteroatoms. The Morgan fingerprint density at radius 1 is 1.20 bits per heavy atom. The van der Waals surface area contributed by atoms with Crippen molar-refractivity contribution in [3.8, 4) is 11.4 Å². The van der Waals surface area contributed by atoms with Crippen molar-refractivity contribution < 1.29 is 14.6 Å². The van der Waals surface area contributed by atoms with Crippen LogP contribution in [0.15, 0.2) is 50.8 Å². The first-order valence-electron chi connectivity index (χ1n) is 11.2. The lowest BCUT2D eigenvalue weighted by atomic mass is 10.1. The lowest BCUT2D eigenvalue weighted by Crippen LogP contribution is -2.46. The monoisotopic (exact) mass is 493 g/mol. The van der Waals surface area contributed by atoms with Crippen LogP contribution in [0.1, 0.15) is 46.6 Å². The van der Waals surface area contributed by atoms with Gasteiger partial charge in [0.1, 0.15) is 11.3 Å². The van der Waals surface area contributed by atoms with Crippen LogP contribution >= 0.6 is 11.3 Å². The number of benzene rings is 2. The van der Waals surface area contributed by atoms with E-state index < -0.39 is 28.8 Å². The van der Waals surface area contributed by atoms with Crippen molar-refractivity contribution in [2.45, 2.75) is 32.2 Å². The molecular formula is C25H23N3O6S. The molecule has 1 N–H and O–H groups in total. The highest BCUT2D eigenvalue weighted by atomic mass is 32.1. The summed E-state index contributed by atoms with van der Waals surface area (Å²) in [6, 6.07) is 9.92. The number of carboxylic acid groups (broad SMARTS) is 1. The molecule has 5 rings (SSSR count). The number of fused-ring (bicyclic) bond motifs is 2. The number of aromatic carboxylic acids is 1. The molecule has 1 aliphatic rings. The fraction of sp³-hybridized carbons (Fsp3) is 0.280. The number of hydrogen-bond acceptors (Lipinski definition) is 6. The maximum Gasteiger partial charge on any atom is 0.343 e.